The van der Waals surface area contributed by atoms with Gasteiger partial charge in [-0.1, -0.05) is 17.7 Å². The molecular weight excluding hydrogens is 233 g/mol. The lowest BCUT2D eigenvalue weighted by Crippen LogP contribution is -2.07. The maximum absolute atomic E-state index is 13.9. The number of phenols is 1. The summed E-state index contributed by atoms with van der Waals surface area (Å²) in [4.78, 5) is 14.5. The molecule has 90 valence electrons. The molecule has 1 heterocycles. The summed E-state index contributed by atoms with van der Waals surface area (Å²) in [6, 6.07) is 7.66. The molecule has 4 heteroatoms. The number of H-pyrrole nitrogens is 1. The van der Waals surface area contributed by atoms with Crippen molar-refractivity contribution in [2.45, 2.75) is 6.92 Å². The first-order valence-electron chi connectivity index (χ1n) is 5.51. The van der Waals surface area contributed by atoms with Crippen LogP contribution < -0.4 is 5.56 Å². The van der Waals surface area contributed by atoms with Crippen LogP contribution in [0.2, 0.25) is 0 Å². The highest BCUT2D eigenvalue weighted by atomic mass is 19.1. The van der Waals surface area contributed by atoms with E-state index in [0.717, 1.165) is 11.6 Å². The molecule has 0 aliphatic carbocycles. The van der Waals surface area contributed by atoms with Gasteiger partial charge in [-0.2, -0.15) is 0 Å². The molecule has 0 fully saturated rings. The minimum Gasteiger partial charge on any atom is -0.508 e. The number of aryl methyl sites for hydroxylation is 1. The molecule has 3 aromatic rings. The molecule has 2 aromatic carbocycles. The van der Waals surface area contributed by atoms with Crippen LogP contribution in [0.3, 0.4) is 0 Å². The van der Waals surface area contributed by atoms with Crippen molar-refractivity contribution in [2.24, 2.45) is 0 Å². The molecule has 3 nitrogen and oxygen atoms in total. The number of rotatable bonds is 0. The van der Waals surface area contributed by atoms with Crippen molar-refractivity contribution in [3.8, 4) is 5.75 Å². The third-order valence-electron chi connectivity index (χ3n) is 3.01. The van der Waals surface area contributed by atoms with Crippen molar-refractivity contribution in [3.63, 3.8) is 0 Å². The average molecular weight is 243 g/mol. The second-order valence-electron chi connectivity index (χ2n) is 4.35. The predicted octanol–water partition coefficient (Wildman–Crippen LogP) is 2.83. The van der Waals surface area contributed by atoms with Crippen LogP contribution in [-0.2, 0) is 0 Å². The van der Waals surface area contributed by atoms with Gasteiger partial charge in [0.05, 0.1) is 5.52 Å². The highest BCUT2D eigenvalue weighted by Gasteiger charge is 2.10. The summed E-state index contributed by atoms with van der Waals surface area (Å²) in [5.41, 5.74) is 0.951. The van der Waals surface area contributed by atoms with Gasteiger partial charge in [-0.15, -0.1) is 0 Å². The van der Waals surface area contributed by atoms with Gasteiger partial charge in [-0.3, -0.25) is 4.79 Å². The van der Waals surface area contributed by atoms with Crippen molar-refractivity contribution < 1.29 is 9.50 Å². The number of pyridine rings is 1. The molecule has 18 heavy (non-hydrogen) atoms. The summed E-state index contributed by atoms with van der Waals surface area (Å²) >= 11 is 0. The standard InChI is InChI=1S/C14H10FNO2/c1-7-2-3-9-10(4-7)14(18)16-12-6-8(17)5-11(15)13(9)12/h2-6,17H,1H3,(H,16,18). The van der Waals surface area contributed by atoms with Gasteiger partial charge < -0.3 is 10.1 Å². The second kappa shape index (κ2) is 3.57. The Labute approximate surface area is 102 Å². The third-order valence-corrected chi connectivity index (χ3v) is 3.01. The smallest absolute Gasteiger partial charge is 0.256 e. The van der Waals surface area contributed by atoms with E-state index in [-0.39, 0.29) is 11.3 Å². The number of aromatic hydroxyl groups is 1. The molecule has 0 aliphatic rings. The Balaban J connectivity index is 2.65. The van der Waals surface area contributed by atoms with Crippen LogP contribution in [0.1, 0.15) is 5.56 Å². The van der Waals surface area contributed by atoms with Crippen LogP contribution in [0.5, 0.6) is 5.75 Å². The monoisotopic (exact) mass is 243 g/mol. The molecule has 0 aliphatic heterocycles. The summed E-state index contributed by atoms with van der Waals surface area (Å²) in [5, 5.41) is 10.7. The molecule has 0 saturated carbocycles. The van der Waals surface area contributed by atoms with Gasteiger partial charge in [-0.05, 0) is 18.4 Å². The van der Waals surface area contributed by atoms with E-state index in [4.69, 9.17) is 0 Å². The van der Waals surface area contributed by atoms with Crippen LogP contribution in [0, 0.1) is 12.7 Å². The van der Waals surface area contributed by atoms with E-state index < -0.39 is 5.82 Å². The molecule has 0 bridgehead atoms. The fourth-order valence-corrected chi connectivity index (χ4v) is 2.22. The van der Waals surface area contributed by atoms with Crippen LogP contribution in [0.25, 0.3) is 21.7 Å². The second-order valence-corrected chi connectivity index (χ2v) is 4.35. The highest BCUT2D eigenvalue weighted by Crippen LogP contribution is 2.27. The molecule has 3 rings (SSSR count). The molecule has 2 N–H and O–H groups in total. The Bertz CT molecular complexity index is 836. The maximum atomic E-state index is 13.9. The van der Waals surface area contributed by atoms with Crippen LogP contribution >= 0.6 is 0 Å². The van der Waals surface area contributed by atoms with E-state index in [0.29, 0.717) is 21.7 Å². The Morgan fingerprint density at radius 2 is 1.94 bits per heavy atom. The Morgan fingerprint density at radius 1 is 1.17 bits per heavy atom. The number of fused-ring (bicyclic) bond motifs is 3. The van der Waals surface area contributed by atoms with Gasteiger partial charge in [0.1, 0.15) is 11.6 Å². The van der Waals surface area contributed by atoms with Gasteiger partial charge in [0.15, 0.2) is 0 Å². The normalized spacial score (nSPS) is 11.2. The average Bonchev–Trinajstić information content (AvgIpc) is 2.29. The van der Waals surface area contributed by atoms with Gasteiger partial charge in [0, 0.05) is 22.9 Å². The van der Waals surface area contributed by atoms with E-state index in [9.17, 15) is 14.3 Å². The van der Waals surface area contributed by atoms with Gasteiger partial charge in [0.2, 0.25) is 0 Å². The first kappa shape index (κ1) is 10.8. The zero-order valence-corrected chi connectivity index (χ0v) is 9.62. The Morgan fingerprint density at radius 3 is 2.72 bits per heavy atom. The summed E-state index contributed by atoms with van der Waals surface area (Å²) in [6.07, 6.45) is 0. The first-order chi connectivity index (χ1) is 8.56. The Kier molecular flexibility index (Phi) is 2.13. The van der Waals surface area contributed by atoms with Gasteiger partial charge in [-0.25, -0.2) is 4.39 Å². The van der Waals surface area contributed by atoms with E-state index >= 15 is 0 Å². The fourth-order valence-electron chi connectivity index (χ4n) is 2.22. The third kappa shape index (κ3) is 1.46. The number of aromatic nitrogens is 1. The SMILES string of the molecule is Cc1ccc2c(c1)c(=O)[nH]c1cc(O)cc(F)c12. The van der Waals surface area contributed by atoms with Gasteiger partial charge in [0.25, 0.3) is 5.56 Å². The van der Waals surface area contributed by atoms with Crippen molar-refractivity contribution in [3.05, 3.63) is 52.1 Å². The summed E-state index contributed by atoms with van der Waals surface area (Å²) < 4.78 is 13.9. The highest BCUT2D eigenvalue weighted by molar-refractivity contribution is 6.06. The van der Waals surface area contributed by atoms with Crippen molar-refractivity contribution >= 4 is 21.7 Å². The van der Waals surface area contributed by atoms with Gasteiger partial charge >= 0.3 is 0 Å². The molecule has 1 aromatic heterocycles. The quantitative estimate of drug-likeness (QED) is 0.596. The van der Waals surface area contributed by atoms with E-state index in [1.54, 1.807) is 12.1 Å². The maximum Gasteiger partial charge on any atom is 0.256 e. The molecule has 0 spiro atoms. The lowest BCUT2D eigenvalue weighted by Gasteiger charge is -2.06. The number of phenolic OH excluding ortho intramolecular Hbond substituents is 1. The summed E-state index contributed by atoms with van der Waals surface area (Å²) in [5.74, 6) is -0.753. The minimum absolute atomic E-state index is 0.206. The molecule has 0 unspecified atom stereocenters. The van der Waals surface area contributed by atoms with Crippen LogP contribution in [0.4, 0.5) is 4.39 Å². The summed E-state index contributed by atoms with van der Waals surface area (Å²) in [7, 11) is 0. The lowest BCUT2D eigenvalue weighted by molar-refractivity contribution is 0.471. The van der Waals surface area contributed by atoms with Crippen molar-refractivity contribution in [2.75, 3.05) is 0 Å². The van der Waals surface area contributed by atoms with E-state index in [1.807, 2.05) is 13.0 Å². The summed E-state index contributed by atoms with van der Waals surface area (Å²) in [6.45, 7) is 1.87. The molecule has 0 amide bonds. The zero-order chi connectivity index (χ0) is 12.9. The van der Waals surface area contributed by atoms with Crippen molar-refractivity contribution in [1.82, 2.24) is 4.98 Å². The van der Waals surface area contributed by atoms with E-state index in [1.165, 1.54) is 6.07 Å². The number of hydrogen-bond donors (Lipinski definition) is 2. The topological polar surface area (TPSA) is 53.1 Å². The Hall–Kier alpha value is -2.36. The molecule has 0 radical (unpaired) electrons. The first-order valence-corrected chi connectivity index (χ1v) is 5.51. The lowest BCUT2D eigenvalue weighted by atomic mass is 10.0. The fraction of sp³-hybridized carbons (Fsp3) is 0.0714. The largest absolute Gasteiger partial charge is 0.508 e. The number of aromatic amines is 1. The molecular formula is C14H10FNO2. The number of halogens is 1. The van der Waals surface area contributed by atoms with Crippen LogP contribution in [-0.4, -0.2) is 10.1 Å². The molecule has 0 saturated heterocycles. The molecule has 0 atom stereocenters. The number of benzene rings is 2. The zero-order valence-electron chi connectivity index (χ0n) is 9.62. The number of hydrogen-bond acceptors (Lipinski definition) is 2. The van der Waals surface area contributed by atoms with Crippen LogP contribution in [0.15, 0.2) is 35.1 Å². The van der Waals surface area contributed by atoms with Crippen molar-refractivity contribution in [1.29, 1.82) is 0 Å². The number of nitrogens with one attached hydrogen (secondary N) is 1. The minimum atomic E-state index is -0.546. The van der Waals surface area contributed by atoms with E-state index in [2.05, 4.69) is 4.98 Å². The predicted molar refractivity (Wildman–Crippen MR) is 68.4 cm³/mol.